The Hall–Kier alpha value is -2.42. The number of carbonyl (C=O) groups is 1. The van der Waals surface area contributed by atoms with Crippen molar-refractivity contribution in [3.63, 3.8) is 0 Å². The lowest BCUT2D eigenvalue weighted by molar-refractivity contribution is 0.0246. The van der Waals surface area contributed by atoms with Gasteiger partial charge in [0.25, 0.3) is 5.91 Å². The average Bonchev–Trinajstić information content (AvgIpc) is 2.61. The van der Waals surface area contributed by atoms with E-state index in [1.807, 2.05) is 19.1 Å². The van der Waals surface area contributed by atoms with E-state index in [9.17, 15) is 9.90 Å². The van der Waals surface area contributed by atoms with E-state index in [2.05, 4.69) is 21.8 Å². The van der Waals surface area contributed by atoms with Gasteiger partial charge in [0.15, 0.2) is 0 Å². The molecule has 0 unspecified atom stereocenters. The monoisotopic (exact) mass is 355 g/mol. The Balaban J connectivity index is 1.65. The number of nitrogens with zero attached hydrogens (tertiary/aromatic N) is 3. The number of benzene rings is 1. The van der Waals surface area contributed by atoms with Crippen molar-refractivity contribution in [1.29, 1.82) is 0 Å². The second-order valence-corrected chi connectivity index (χ2v) is 6.56. The number of piperidine rings is 1. The molecule has 1 saturated heterocycles. The van der Waals surface area contributed by atoms with Crippen molar-refractivity contribution < 1.29 is 9.90 Å². The van der Waals surface area contributed by atoms with E-state index in [-0.39, 0.29) is 5.91 Å². The molecule has 128 valence electrons. The third kappa shape index (κ3) is 4.36. The van der Waals surface area contributed by atoms with Crippen molar-refractivity contribution in [1.82, 2.24) is 14.9 Å². The lowest BCUT2D eigenvalue weighted by Gasteiger charge is -2.34. The lowest BCUT2D eigenvalue weighted by Crippen LogP contribution is -2.46. The topological polar surface area (TPSA) is 66.3 Å². The molecule has 2 aromatic rings. The number of rotatable bonds is 1. The van der Waals surface area contributed by atoms with E-state index in [0.717, 1.165) is 11.3 Å². The molecular weight excluding hydrogens is 338 g/mol. The number of aromatic nitrogens is 2. The molecule has 0 aliphatic carbocycles. The summed E-state index contributed by atoms with van der Waals surface area (Å²) in [4.78, 5) is 22.3. The van der Waals surface area contributed by atoms with Crippen LogP contribution in [-0.4, -0.2) is 44.6 Å². The van der Waals surface area contributed by atoms with E-state index in [4.69, 9.17) is 11.6 Å². The number of aliphatic hydroxyl groups is 1. The Labute approximate surface area is 151 Å². The molecule has 0 radical (unpaired) electrons. The van der Waals surface area contributed by atoms with Crippen LogP contribution in [0.5, 0.6) is 0 Å². The van der Waals surface area contributed by atoms with Gasteiger partial charge in [0.05, 0.1) is 11.9 Å². The highest BCUT2D eigenvalue weighted by Crippen LogP contribution is 2.23. The minimum absolute atomic E-state index is 0.169. The van der Waals surface area contributed by atoms with Gasteiger partial charge in [0.1, 0.15) is 11.3 Å². The van der Waals surface area contributed by atoms with Crippen LogP contribution in [0.4, 0.5) is 0 Å². The summed E-state index contributed by atoms with van der Waals surface area (Å²) in [6, 6.07) is 7.20. The summed E-state index contributed by atoms with van der Waals surface area (Å²) in [7, 11) is 0. The maximum atomic E-state index is 12.4. The van der Waals surface area contributed by atoms with Crippen LogP contribution in [0.15, 0.2) is 36.7 Å². The Bertz CT molecular complexity index is 832. The molecule has 0 bridgehead atoms. The SMILES string of the molecule is Cc1cnc(C(=O)N2CCC(O)(C#Cc3cccc(Cl)c3)CC2)cn1. The molecule has 5 nitrogen and oxygen atoms in total. The predicted molar refractivity (Wildman–Crippen MR) is 95.2 cm³/mol. The van der Waals surface area contributed by atoms with Gasteiger partial charge in [-0.2, -0.15) is 0 Å². The fraction of sp³-hybridized carbons (Fsp3) is 0.316. The van der Waals surface area contributed by atoms with Gasteiger partial charge in [0.2, 0.25) is 0 Å². The summed E-state index contributed by atoms with van der Waals surface area (Å²) >= 11 is 5.94. The van der Waals surface area contributed by atoms with E-state index in [1.54, 1.807) is 23.2 Å². The van der Waals surface area contributed by atoms with E-state index in [0.29, 0.717) is 36.6 Å². The first kappa shape index (κ1) is 17.4. The first-order valence-corrected chi connectivity index (χ1v) is 8.42. The summed E-state index contributed by atoms with van der Waals surface area (Å²) in [6.45, 7) is 2.67. The van der Waals surface area contributed by atoms with Gasteiger partial charge in [0, 0.05) is 42.7 Å². The fourth-order valence-electron chi connectivity index (χ4n) is 2.62. The third-order valence-corrected chi connectivity index (χ3v) is 4.38. The number of hydrogen-bond acceptors (Lipinski definition) is 4. The van der Waals surface area contributed by atoms with Crippen LogP contribution in [-0.2, 0) is 0 Å². The summed E-state index contributed by atoms with van der Waals surface area (Å²) in [5.74, 6) is 5.73. The second kappa shape index (κ2) is 7.22. The molecule has 1 amide bonds. The van der Waals surface area contributed by atoms with Crippen LogP contribution >= 0.6 is 11.6 Å². The molecule has 0 atom stereocenters. The number of aryl methyl sites for hydroxylation is 1. The first-order chi connectivity index (χ1) is 12.0. The number of carbonyl (C=O) groups excluding carboxylic acids is 1. The summed E-state index contributed by atoms with van der Waals surface area (Å²) in [6.07, 6.45) is 3.85. The van der Waals surface area contributed by atoms with Crippen LogP contribution in [0.3, 0.4) is 0 Å². The van der Waals surface area contributed by atoms with Gasteiger partial charge in [-0.3, -0.25) is 9.78 Å². The van der Waals surface area contributed by atoms with Crippen LogP contribution in [0.2, 0.25) is 5.02 Å². The molecule has 1 aromatic heterocycles. The van der Waals surface area contributed by atoms with Crippen molar-refractivity contribution in [2.45, 2.75) is 25.4 Å². The van der Waals surface area contributed by atoms with Crippen LogP contribution < -0.4 is 0 Å². The van der Waals surface area contributed by atoms with Crippen molar-refractivity contribution in [2.24, 2.45) is 0 Å². The lowest BCUT2D eigenvalue weighted by atomic mass is 9.91. The first-order valence-electron chi connectivity index (χ1n) is 8.04. The number of halogens is 1. The second-order valence-electron chi connectivity index (χ2n) is 6.13. The highest BCUT2D eigenvalue weighted by atomic mass is 35.5. The third-order valence-electron chi connectivity index (χ3n) is 4.14. The van der Waals surface area contributed by atoms with Gasteiger partial charge in [-0.25, -0.2) is 4.98 Å². The van der Waals surface area contributed by atoms with E-state index >= 15 is 0 Å². The highest BCUT2D eigenvalue weighted by Gasteiger charge is 2.33. The summed E-state index contributed by atoms with van der Waals surface area (Å²) in [5, 5.41) is 11.2. The summed E-state index contributed by atoms with van der Waals surface area (Å²) < 4.78 is 0. The van der Waals surface area contributed by atoms with Crippen LogP contribution in [0.25, 0.3) is 0 Å². The maximum Gasteiger partial charge on any atom is 0.274 e. The van der Waals surface area contributed by atoms with E-state index < -0.39 is 5.60 Å². The molecule has 1 aromatic carbocycles. The molecule has 0 spiro atoms. The highest BCUT2D eigenvalue weighted by molar-refractivity contribution is 6.30. The molecule has 2 heterocycles. The molecule has 1 N–H and O–H groups in total. The molecule has 25 heavy (non-hydrogen) atoms. The molecule has 1 fully saturated rings. The van der Waals surface area contributed by atoms with Gasteiger partial charge < -0.3 is 10.0 Å². The maximum absolute atomic E-state index is 12.4. The fourth-order valence-corrected chi connectivity index (χ4v) is 2.81. The number of likely N-dealkylation sites (tertiary alicyclic amines) is 1. The number of amides is 1. The zero-order valence-electron chi connectivity index (χ0n) is 13.9. The normalized spacial score (nSPS) is 16.0. The Morgan fingerprint density at radius 3 is 2.68 bits per heavy atom. The quantitative estimate of drug-likeness (QED) is 0.798. The molecule has 6 heteroatoms. The Morgan fingerprint density at radius 2 is 2.04 bits per heavy atom. The number of hydrogen-bond donors (Lipinski definition) is 1. The Kier molecular flexibility index (Phi) is 5.03. The van der Waals surface area contributed by atoms with Crippen LogP contribution in [0.1, 0.15) is 34.6 Å². The van der Waals surface area contributed by atoms with Crippen molar-refractivity contribution in [3.8, 4) is 11.8 Å². The average molecular weight is 356 g/mol. The van der Waals surface area contributed by atoms with Crippen molar-refractivity contribution in [3.05, 3.63) is 58.6 Å². The molecular formula is C19H18ClN3O2. The smallest absolute Gasteiger partial charge is 0.274 e. The van der Waals surface area contributed by atoms with Crippen molar-refractivity contribution in [2.75, 3.05) is 13.1 Å². The zero-order chi connectivity index (χ0) is 17.9. The molecule has 0 saturated carbocycles. The summed E-state index contributed by atoms with van der Waals surface area (Å²) in [5.41, 5.74) is 0.745. The molecule has 1 aliphatic heterocycles. The standard InChI is InChI=1S/C19H18ClN3O2/c1-14-12-22-17(13-21-14)18(24)23-9-7-19(25,8-10-23)6-5-15-3-2-4-16(20)11-15/h2-4,11-13,25H,7-10H2,1H3. The predicted octanol–water partition coefficient (Wildman–Crippen LogP) is 2.46. The van der Waals surface area contributed by atoms with Crippen LogP contribution in [0, 0.1) is 18.8 Å². The zero-order valence-corrected chi connectivity index (χ0v) is 14.6. The van der Waals surface area contributed by atoms with Crippen molar-refractivity contribution >= 4 is 17.5 Å². The minimum atomic E-state index is -1.10. The van der Waals surface area contributed by atoms with Gasteiger partial charge in [-0.15, -0.1) is 0 Å². The Morgan fingerprint density at radius 1 is 1.28 bits per heavy atom. The molecule has 3 rings (SSSR count). The van der Waals surface area contributed by atoms with Gasteiger partial charge in [-0.05, 0) is 25.1 Å². The van der Waals surface area contributed by atoms with E-state index in [1.165, 1.54) is 6.20 Å². The van der Waals surface area contributed by atoms with Gasteiger partial charge >= 0.3 is 0 Å². The largest absolute Gasteiger partial charge is 0.377 e. The van der Waals surface area contributed by atoms with Gasteiger partial charge in [-0.1, -0.05) is 29.5 Å². The molecule has 1 aliphatic rings. The minimum Gasteiger partial charge on any atom is -0.377 e.